The molecule has 1 saturated heterocycles. The van der Waals surface area contributed by atoms with Gasteiger partial charge in [-0.05, 0) is 18.6 Å². The van der Waals surface area contributed by atoms with Crippen LogP contribution in [0.4, 0.5) is 0 Å². The van der Waals surface area contributed by atoms with Gasteiger partial charge in [0, 0.05) is 11.0 Å². The molecule has 1 amide bonds. The Morgan fingerprint density at radius 2 is 2.26 bits per heavy atom. The van der Waals surface area contributed by atoms with E-state index in [1.54, 1.807) is 4.90 Å². The van der Waals surface area contributed by atoms with Crippen molar-refractivity contribution in [2.24, 2.45) is 0 Å². The first-order valence-corrected chi connectivity index (χ1v) is 7.16. The molecular weight excluding hydrogens is 310 g/mol. The molecule has 0 aromatic heterocycles. The molecule has 0 aliphatic carbocycles. The number of ether oxygens (including phenoxy) is 1. The summed E-state index contributed by atoms with van der Waals surface area (Å²) in [5.74, 6) is 0.0705. The summed E-state index contributed by atoms with van der Waals surface area (Å²) in [5, 5.41) is 9.14. The van der Waals surface area contributed by atoms with Crippen molar-refractivity contribution in [3.63, 3.8) is 0 Å². The molecule has 1 heterocycles. The van der Waals surface area contributed by atoms with Gasteiger partial charge in [0.25, 0.3) is 0 Å². The predicted molar refractivity (Wildman–Crippen MR) is 75.8 cm³/mol. The van der Waals surface area contributed by atoms with Gasteiger partial charge >= 0.3 is 0 Å². The SMILES string of the molecule is CC1COC(CO)CN1C(=O)Cc1ccccc1Br. The minimum absolute atomic E-state index is 0.0501. The number of benzene rings is 1. The maximum absolute atomic E-state index is 12.4. The van der Waals surface area contributed by atoms with Gasteiger partial charge in [-0.3, -0.25) is 4.79 Å². The largest absolute Gasteiger partial charge is 0.394 e. The summed E-state index contributed by atoms with van der Waals surface area (Å²) in [5.41, 5.74) is 0.978. The summed E-state index contributed by atoms with van der Waals surface area (Å²) in [6, 6.07) is 7.78. The van der Waals surface area contributed by atoms with E-state index in [4.69, 9.17) is 9.84 Å². The fraction of sp³-hybridized carbons (Fsp3) is 0.500. The van der Waals surface area contributed by atoms with E-state index >= 15 is 0 Å². The molecule has 1 N–H and O–H groups in total. The van der Waals surface area contributed by atoms with Gasteiger partial charge in [-0.2, -0.15) is 0 Å². The Bertz CT molecular complexity index is 452. The van der Waals surface area contributed by atoms with E-state index < -0.39 is 0 Å². The number of rotatable bonds is 3. The summed E-state index contributed by atoms with van der Waals surface area (Å²) < 4.78 is 6.39. The van der Waals surface area contributed by atoms with E-state index in [0.717, 1.165) is 10.0 Å². The van der Waals surface area contributed by atoms with Gasteiger partial charge in [-0.25, -0.2) is 0 Å². The average Bonchev–Trinajstić information content (AvgIpc) is 2.42. The summed E-state index contributed by atoms with van der Waals surface area (Å²) in [7, 11) is 0. The highest BCUT2D eigenvalue weighted by Gasteiger charge is 2.29. The molecule has 2 unspecified atom stereocenters. The van der Waals surface area contributed by atoms with Gasteiger partial charge in [0.15, 0.2) is 0 Å². The zero-order valence-corrected chi connectivity index (χ0v) is 12.5. The number of aliphatic hydroxyl groups is 1. The highest BCUT2D eigenvalue weighted by Crippen LogP contribution is 2.19. The van der Waals surface area contributed by atoms with Gasteiger partial charge in [-0.1, -0.05) is 34.1 Å². The minimum atomic E-state index is -0.264. The van der Waals surface area contributed by atoms with Crippen LogP contribution in [0.15, 0.2) is 28.7 Å². The second kappa shape index (κ2) is 6.50. The molecule has 4 nitrogen and oxygen atoms in total. The first kappa shape index (κ1) is 14.5. The molecular formula is C14H18BrNO3. The van der Waals surface area contributed by atoms with E-state index in [1.165, 1.54) is 0 Å². The molecule has 1 fully saturated rings. The number of hydrogen-bond donors (Lipinski definition) is 1. The first-order valence-electron chi connectivity index (χ1n) is 6.37. The summed E-state index contributed by atoms with van der Waals surface area (Å²) in [6.07, 6.45) is 0.101. The fourth-order valence-corrected chi connectivity index (χ4v) is 2.61. The second-order valence-electron chi connectivity index (χ2n) is 4.80. The van der Waals surface area contributed by atoms with Crippen LogP contribution in [0.25, 0.3) is 0 Å². The van der Waals surface area contributed by atoms with Crippen molar-refractivity contribution < 1.29 is 14.6 Å². The van der Waals surface area contributed by atoms with Crippen LogP contribution in [0.1, 0.15) is 12.5 Å². The van der Waals surface area contributed by atoms with Crippen LogP contribution in [0.2, 0.25) is 0 Å². The number of nitrogens with zero attached hydrogens (tertiary/aromatic N) is 1. The molecule has 0 spiro atoms. The molecule has 1 aliphatic rings. The molecule has 2 rings (SSSR count). The van der Waals surface area contributed by atoms with E-state index in [1.807, 2.05) is 31.2 Å². The van der Waals surface area contributed by atoms with Crippen LogP contribution in [0, 0.1) is 0 Å². The Morgan fingerprint density at radius 1 is 1.53 bits per heavy atom. The van der Waals surface area contributed by atoms with Gasteiger partial charge in [0.05, 0.1) is 31.8 Å². The summed E-state index contributed by atoms with van der Waals surface area (Å²) >= 11 is 3.45. The molecule has 1 aromatic carbocycles. The van der Waals surface area contributed by atoms with E-state index in [2.05, 4.69) is 15.9 Å². The van der Waals surface area contributed by atoms with Crippen LogP contribution in [0.3, 0.4) is 0 Å². The Kier molecular flexibility index (Phi) is 4.96. The maximum Gasteiger partial charge on any atom is 0.227 e. The summed E-state index contributed by atoms with van der Waals surface area (Å²) in [6.45, 7) is 2.85. The molecule has 19 heavy (non-hydrogen) atoms. The number of halogens is 1. The van der Waals surface area contributed by atoms with Crippen molar-refractivity contribution in [1.29, 1.82) is 0 Å². The molecule has 2 atom stereocenters. The zero-order valence-electron chi connectivity index (χ0n) is 10.9. The number of hydrogen-bond acceptors (Lipinski definition) is 3. The third-order valence-corrected chi connectivity index (χ3v) is 4.10. The van der Waals surface area contributed by atoms with E-state index in [-0.39, 0.29) is 24.7 Å². The number of aliphatic hydroxyl groups excluding tert-OH is 1. The smallest absolute Gasteiger partial charge is 0.227 e. The molecule has 1 aromatic rings. The Morgan fingerprint density at radius 3 is 2.95 bits per heavy atom. The Labute approximate surface area is 121 Å². The molecule has 0 saturated carbocycles. The summed E-state index contributed by atoms with van der Waals surface area (Å²) in [4.78, 5) is 14.2. The maximum atomic E-state index is 12.4. The van der Waals surface area contributed by atoms with Gasteiger partial charge < -0.3 is 14.7 Å². The zero-order chi connectivity index (χ0) is 13.8. The molecule has 1 aliphatic heterocycles. The average molecular weight is 328 g/mol. The topological polar surface area (TPSA) is 49.8 Å². The number of carbonyl (C=O) groups is 1. The van der Waals surface area contributed by atoms with Crippen LogP contribution >= 0.6 is 15.9 Å². The third-order valence-electron chi connectivity index (χ3n) is 3.33. The fourth-order valence-electron chi connectivity index (χ4n) is 2.18. The van der Waals surface area contributed by atoms with Crippen molar-refractivity contribution in [3.05, 3.63) is 34.3 Å². The van der Waals surface area contributed by atoms with Gasteiger partial charge in [-0.15, -0.1) is 0 Å². The second-order valence-corrected chi connectivity index (χ2v) is 5.66. The van der Waals surface area contributed by atoms with Crippen molar-refractivity contribution in [1.82, 2.24) is 4.90 Å². The highest BCUT2D eigenvalue weighted by atomic mass is 79.9. The molecule has 0 radical (unpaired) electrons. The lowest BCUT2D eigenvalue weighted by Gasteiger charge is -2.37. The first-order chi connectivity index (χ1) is 9.11. The standard InChI is InChI=1S/C14H18BrNO3/c1-10-9-19-12(8-17)7-16(10)14(18)6-11-4-2-3-5-13(11)15/h2-5,10,12,17H,6-9H2,1H3. The normalized spacial score (nSPS) is 23.4. The Hall–Kier alpha value is -0.910. The van der Waals surface area contributed by atoms with Gasteiger partial charge in [0.2, 0.25) is 5.91 Å². The highest BCUT2D eigenvalue weighted by molar-refractivity contribution is 9.10. The lowest BCUT2D eigenvalue weighted by molar-refractivity contribution is -0.145. The van der Waals surface area contributed by atoms with Crippen molar-refractivity contribution >= 4 is 21.8 Å². The van der Waals surface area contributed by atoms with Crippen LogP contribution < -0.4 is 0 Å². The number of amides is 1. The monoisotopic (exact) mass is 327 g/mol. The Balaban J connectivity index is 2.04. The lowest BCUT2D eigenvalue weighted by Crippen LogP contribution is -2.52. The van der Waals surface area contributed by atoms with E-state index in [0.29, 0.717) is 19.6 Å². The lowest BCUT2D eigenvalue weighted by atomic mass is 10.1. The van der Waals surface area contributed by atoms with E-state index in [9.17, 15) is 4.79 Å². The number of carbonyl (C=O) groups excluding carboxylic acids is 1. The van der Waals surface area contributed by atoms with Crippen molar-refractivity contribution in [2.75, 3.05) is 19.8 Å². The predicted octanol–water partition coefficient (Wildman–Crippen LogP) is 1.60. The van der Waals surface area contributed by atoms with Crippen LogP contribution in [-0.4, -0.2) is 47.8 Å². The van der Waals surface area contributed by atoms with Crippen molar-refractivity contribution in [3.8, 4) is 0 Å². The van der Waals surface area contributed by atoms with Gasteiger partial charge in [0.1, 0.15) is 0 Å². The molecule has 5 heteroatoms. The molecule has 0 bridgehead atoms. The third kappa shape index (κ3) is 3.55. The number of morpholine rings is 1. The quantitative estimate of drug-likeness (QED) is 0.917. The molecule has 104 valence electrons. The van der Waals surface area contributed by atoms with Crippen LogP contribution in [-0.2, 0) is 16.0 Å². The minimum Gasteiger partial charge on any atom is -0.394 e. The van der Waals surface area contributed by atoms with Crippen molar-refractivity contribution in [2.45, 2.75) is 25.5 Å². The van der Waals surface area contributed by atoms with Crippen LogP contribution in [0.5, 0.6) is 0 Å².